The molecule has 0 fully saturated rings. The van der Waals surface area contributed by atoms with E-state index >= 15 is 0 Å². The molecule has 0 spiro atoms. The van der Waals surface area contributed by atoms with Crippen molar-refractivity contribution in [3.63, 3.8) is 0 Å². The number of aliphatic hydroxyl groups is 1. The standard InChI is InChI=1S/C8H20IOP/c1-5-11(4,9,6-2)7-8(3)10/h8,10H,5-7H2,1-4H3. The minimum absolute atomic E-state index is 0.130. The van der Waals surface area contributed by atoms with Crippen molar-refractivity contribution in [1.29, 1.82) is 0 Å². The Bertz CT molecular complexity index is 126. The molecule has 70 valence electrons. The van der Waals surface area contributed by atoms with Gasteiger partial charge in [-0.1, -0.05) is 0 Å². The van der Waals surface area contributed by atoms with Crippen molar-refractivity contribution >= 4 is 26.3 Å². The zero-order chi connectivity index (χ0) is 9.15. The van der Waals surface area contributed by atoms with Gasteiger partial charge in [0.1, 0.15) is 0 Å². The Kier molecular flexibility index (Phi) is 4.28. The molecule has 0 amide bonds. The van der Waals surface area contributed by atoms with E-state index in [1.165, 1.54) is 12.3 Å². The van der Waals surface area contributed by atoms with Crippen LogP contribution in [-0.2, 0) is 0 Å². The summed E-state index contributed by atoms with van der Waals surface area (Å²) in [6, 6.07) is 0. The van der Waals surface area contributed by atoms with Crippen molar-refractivity contribution in [3.05, 3.63) is 0 Å². The van der Waals surface area contributed by atoms with Crippen molar-refractivity contribution in [3.8, 4) is 0 Å². The van der Waals surface area contributed by atoms with Gasteiger partial charge in [0.15, 0.2) is 0 Å². The number of rotatable bonds is 4. The topological polar surface area (TPSA) is 20.2 Å². The number of hydrogen-bond acceptors (Lipinski definition) is 1. The van der Waals surface area contributed by atoms with E-state index in [1.807, 2.05) is 6.92 Å². The van der Waals surface area contributed by atoms with Crippen molar-refractivity contribution in [2.75, 3.05) is 25.2 Å². The molecular formula is C8H20IOP. The van der Waals surface area contributed by atoms with E-state index in [9.17, 15) is 5.11 Å². The van der Waals surface area contributed by atoms with Crippen LogP contribution in [0.15, 0.2) is 0 Å². The normalized spacial score (nSPS) is 18.9. The summed E-state index contributed by atoms with van der Waals surface area (Å²) in [5.41, 5.74) is 0. The maximum atomic E-state index is 9.34. The Hall–Kier alpha value is 1.12. The fourth-order valence-corrected chi connectivity index (χ4v) is 5.37. The van der Waals surface area contributed by atoms with Crippen LogP contribution in [0.1, 0.15) is 20.8 Å². The molecule has 0 bridgehead atoms. The Balaban J connectivity index is 4.33. The molecule has 0 aliphatic carbocycles. The van der Waals surface area contributed by atoms with Gasteiger partial charge in [-0.3, -0.25) is 0 Å². The monoisotopic (exact) mass is 290 g/mol. The van der Waals surface area contributed by atoms with Crippen LogP contribution in [0.3, 0.4) is 0 Å². The average Bonchev–Trinajstić information content (AvgIpc) is 1.87. The van der Waals surface area contributed by atoms with Crippen LogP contribution >= 0.6 is 26.3 Å². The van der Waals surface area contributed by atoms with E-state index in [1.54, 1.807) is 0 Å². The van der Waals surface area contributed by atoms with Crippen LogP contribution < -0.4 is 0 Å². The van der Waals surface area contributed by atoms with Crippen molar-refractivity contribution in [2.45, 2.75) is 26.9 Å². The minimum atomic E-state index is -1.50. The van der Waals surface area contributed by atoms with Gasteiger partial charge in [-0.15, -0.1) is 0 Å². The van der Waals surface area contributed by atoms with Gasteiger partial charge in [-0.25, -0.2) is 0 Å². The summed E-state index contributed by atoms with van der Waals surface area (Å²) < 4.78 is -1.50. The van der Waals surface area contributed by atoms with Gasteiger partial charge in [0, 0.05) is 0 Å². The first-order chi connectivity index (χ1) is 4.82. The van der Waals surface area contributed by atoms with Crippen LogP contribution in [0.4, 0.5) is 0 Å². The van der Waals surface area contributed by atoms with Gasteiger partial charge < -0.3 is 0 Å². The Morgan fingerprint density at radius 3 is 1.82 bits per heavy atom. The zero-order valence-corrected chi connectivity index (χ0v) is 11.0. The number of hydrogen-bond donors (Lipinski definition) is 1. The third kappa shape index (κ3) is 4.05. The molecule has 1 nitrogen and oxygen atoms in total. The van der Waals surface area contributed by atoms with Gasteiger partial charge in [0.2, 0.25) is 0 Å². The van der Waals surface area contributed by atoms with Crippen molar-refractivity contribution < 1.29 is 5.11 Å². The molecule has 11 heavy (non-hydrogen) atoms. The van der Waals surface area contributed by atoms with E-state index in [0.717, 1.165) is 6.16 Å². The molecule has 0 aliphatic heterocycles. The second kappa shape index (κ2) is 3.89. The van der Waals surface area contributed by atoms with Gasteiger partial charge in [-0.05, 0) is 0 Å². The van der Waals surface area contributed by atoms with Crippen molar-refractivity contribution in [2.24, 2.45) is 0 Å². The number of halogens is 1. The molecular weight excluding hydrogens is 270 g/mol. The third-order valence-electron chi connectivity index (χ3n) is 2.54. The van der Waals surface area contributed by atoms with Crippen molar-refractivity contribution in [1.82, 2.24) is 0 Å². The first-order valence-electron chi connectivity index (χ1n) is 4.22. The maximum absolute atomic E-state index is 9.34. The predicted molar refractivity (Wildman–Crippen MR) is 64.5 cm³/mol. The fraction of sp³-hybridized carbons (Fsp3) is 1.00. The summed E-state index contributed by atoms with van der Waals surface area (Å²) in [5.74, 6) is 0. The van der Waals surface area contributed by atoms with E-state index in [2.05, 4.69) is 42.6 Å². The predicted octanol–water partition coefficient (Wildman–Crippen LogP) is 2.94. The SMILES string of the molecule is CCP(C)(I)(CC)CC(C)O. The molecule has 0 radical (unpaired) electrons. The van der Waals surface area contributed by atoms with E-state index < -0.39 is 4.25 Å². The van der Waals surface area contributed by atoms with E-state index in [-0.39, 0.29) is 6.10 Å². The molecule has 0 aromatic carbocycles. The summed E-state index contributed by atoms with van der Waals surface area (Å²) in [5, 5.41) is 9.34. The first-order valence-corrected chi connectivity index (χ1v) is 10.2. The second-order valence-corrected chi connectivity index (χ2v) is 18.8. The van der Waals surface area contributed by atoms with Crippen LogP contribution in [0.25, 0.3) is 0 Å². The van der Waals surface area contributed by atoms with Crippen LogP contribution in [0.5, 0.6) is 0 Å². The zero-order valence-electron chi connectivity index (χ0n) is 7.97. The molecule has 1 unspecified atom stereocenters. The van der Waals surface area contributed by atoms with E-state index in [4.69, 9.17) is 0 Å². The fourth-order valence-electron chi connectivity index (χ4n) is 1.22. The summed E-state index contributed by atoms with van der Waals surface area (Å²) in [6.07, 6.45) is 3.37. The molecule has 3 heteroatoms. The molecule has 1 N–H and O–H groups in total. The molecule has 0 aliphatic rings. The quantitative estimate of drug-likeness (QED) is 0.623. The third-order valence-corrected chi connectivity index (χ3v) is 12.9. The second-order valence-electron chi connectivity index (χ2n) is 3.81. The van der Waals surface area contributed by atoms with Gasteiger partial charge in [0.25, 0.3) is 0 Å². The molecule has 1 atom stereocenters. The van der Waals surface area contributed by atoms with Crippen LogP contribution in [0, 0.1) is 0 Å². The van der Waals surface area contributed by atoms with Gasteiger partial charge in [-0.2, -0.15) is 0 Å². The molecule has 0 aromatic heterocycles. The summed E-state index contributed by atoms with van der Waals surface area (Å²) in [4.78, 5) is 0. The Morgan fingerprint density at radius 1 is 1.36 bits per heavy atom. The van der Waals surface area contributed by atoms with Gasteiger partial charge >= 0.3 is 83.4 Å². The first kappa shape index (κ1) is 12.1. The summed E-state index contributed by atoms with van der Waals surface area (Å²) in [7, 11) is 0. The summed E-state index contributed by atoms with van der Waals surface area (Å²) >= 11 is 2.62. The average molecular weight is 290 g/mol. The van der Waals surface area contributed by atoms with Gasteiger partial charge in [0.05, 0.1) is 0 Å². The summed E-state index contributed by atoms with van der Waals surface area (Å²) in [6.45, 7) is 8.76. The number of aliphatic hydroxyl groups excluding tert-OH is 1. The molecule has 0 heterocycles. The van der Waals surface area contributed by atoms with Crippen LogP contribution in [-0.4, -0.2) is 36.4 Å². The Labute approximate surface area is 83.4 Å². The van der Waals surface area contributed by atoms with Crippen LogP contribution in [0.2, 0.25) is 0 Å². The molecule has 0 saturated carbocycles. The Morgan fingerprint density at radius 2 is 1.73 bits per heavy atom. The molecule has 0 rings (SSSR count). The van der Waals surface area contributed by atoms with E-state index in [0.29, 0.717) is 0 Å². The molecule has 0 saturated heterocycles. The molecule has 0 aromatic rings.